The number of aryl methyl sites for hydroxylation is 1. The predicted molar refractivity (Wildman–Crippen MR) is 97.8 cm³/mol. The summed E-state index contributed by atoms with van der Waals surface area (Å²) in [5, 5.41) is 10.2. The number of benzene rings is 2. The van der Waals surface area contributed by atoms with Gasteiger partial charge in [0.15, 0.2) is 0 Å². The average Bonchev–Trinajstić information content (AvgIpc) is 2.54. The highest BCUT2D eigenvalue weighted by Crippen LogP contribution is 2.16. The first kappa shape index (κ1) is 18.6. The van der Waals surface area contributed by atoms with Crippen molar-refractivity contribution in [2.75, 3.05) is 26.5 Å². The van der Waals surface area contributed by atoms with E-state index >= 15 is 0 Å². The van der Waals surface area contributed by atoms with Crippen molar-refractivity contribution in [3.63, 3.8) is 0 Å². The fourth-order valence-electron chi connectivity index (χ4n) is 2.48. The van der Waals surface area contributed by atoms with Gasteiger partial charge in [-0.05, 0) is 43.3 Å². The number of rotatable bonds is 8. The van der Waals surface area contributed by atoms with Crippen LogP contribution in [0.5, 0.6) is 5.75 Å². The van der Waals surface area contributed by atoms with Crippen LogP contribution in [0.25, 0.3) is 0 Å². The Balaban J connectivity index is 1.79. The molecule has 2 atom stereocenters. The number of para-hydroxylation sites is 1. The smallest absolute Gasteiger partial charge is 0.122 e. The zero-order valence-corrected chi connectivity index (χ0v) is 15.3. The van der Waals surface area contributed by atoms with Gasteiger partial charge in [0.1, 0.15) is 18.5 Å². The Hall–Kier alpha value is -1.69. The molecule has 2 rings (SSSR count). The first-order chi connectivity index (χ1) is 11.5. The van der Waals surface area contributed by atoms with Crippen molar-refractivity contribution < 1.29 is 14.1 Å². The first-order valence-corrected chi connectivity index (χ1v) is 9.49. The van der Waals surface area contributed by atoms with E-state index in [9.17, 15) is 9.32 Å². The van der Waals surface area contributed by atoms with Crippen molar-refractivity contribution in [1.29, 1.82) is 0 Å². The van der Waals surface area contributed by atoms with Crippen molar-refractivity contribution in [2.45, 2.75) is 24.5 Å². The molecule has 2 aromatic rings. The Morgan fingerprint density at radius 2 is 1.83 bits per heavy atom. The zero-order chi connectivity index (χ0) is 17.5. The summed E-state index contributed by atoms with van der Waals surface area (Å²) in [6, 6.07) is 15.5. The first-order valence-electron chi connectivity index (χ1n) is 7.93. The van der Waals surface area contributed by atoms with E-state index in [2.05, 4.69) is 0 Å². The Bertz CT molecular complexity index is 673. The van der Waals surface area contributed by atoms with E-state index in [1.807, 2.05) is 67.4 Å². The Kier molecular flexibility index (Phi) is 6.97. The van der Waals surface area contributed by atoms with Gasteiger partial charge in [-0.15, -0.1) is 0 Å². The molecule has 0 saturated heterocycles. The number of aliphatic hydroxyl groups excluding tert-OH is 1. The average molecular weight is 347 g/mol. The Morgan fingerprint density at radius 1 is 1.17 bits per heavy atom. The third-order valence-corrected chi connectivity index (χ3v) is 4.69. The molecule has 5 heteroatoms. The van der Waals surface area contributed by atoms with Gasteiger partial charge < -0.3 is 9.84 Å². The minimum Gasteiger partial charge on any atom is -0.491 e. The molecule has 0 aliphatic heterocycles. The lowest BCUT2D eigenvalue weighted by molar-refractivity contribution is 0.0741. The van der Waals surface area contributed by atoms with Gasteiger partial charge in [0, 0.05) is 35.0 Å². The molecule has 0 aromatic heterocycles. The summed E-state index contributed by atoms with van der Waals surface area (Å²) >= 11 is 0. The van der Waals surface area contributed by atoms with Crippen LogP contribution in [0, 0.1) is 6.92 Å². The molecule has 1 N–H and O–H groups in total. The molecule has 0 bridgehead atoms. The summed E-state index contributed by atoms with van der Waals surface area (Å²) in [4.78, 5) is 2.87. The van der Waals surface area contributed by atoms with Crippen molar-refractivity contribution in [2.24, 2.45) is 0 Å². The third-order valence-electron chi connectivity index (χ3n) is 3.76. The second-order valence-electron chi connectivity index (χ2n) is 6.03. The predicted octanol–water partition coefficient (Wildman–Crippen LogP) is 2.60. The molecule has 0 aliphatic carbocycles. The van der Waals surface area contributed by atoms with Gasteiger partial charge in [-0.3, -0.25) is 9.11 Å². The summed E-state index contributed by atoms with van der Waals surface area (Å²) < 4.78 is 17.1. The van der Waals surface area contributed by atoms with Crippen LogP contribution in [0.2, 0.25) is 0 Å². The van der Waals surface area contributed by atoms with Crippen molar-refractivity contribution >= 4 is 10.8 Å². The number of hydrogen-bond donors (Lipinski definition) is 1. The molecule has 0 radical (unpaired) electrons. The monoisotopic (exact) mass is 347 g/mol. The lowest BCUT2D eigenvalue weighted by Crippen LogP contribution is -2.32. The number of ether oxygens (including phenoxy) is 1. The van der Waals surface area contributed by atoms with E-state index in [-0.39, 0.29) is 6.61 Å². The molecular formula is C19H25NO3S. The van der Waals surface area contributed by atoms with Crippen LogP contribution in [-0.4, -0.2) is 46.8 Å². The summed E-state index contributed by atoms with van der Waals surface area (Å²) in [5.41, 5.74) is 2.19. The number of hydrogen-bond acceptors (Lipinski definition) is 4. The quantitative estimate of drug-likeness (QED) is 0.797. The second kappa shape index (κ2) is 8.97. The molecule has 0 saturated carbocycles. The lowest BCUT2D eigenvalue weighted by atomic mass is 10.2. The molecular weight excluding hydrogens is 322 g/mol. The molecule has 24 heavy (non-hydrogen) atoms. The second-order valence-corrected chi connectivity index (χ2v) is 7.40. The molecule has 2 aromatic carbocycles. The molecule has 2 unspecified atom stereocenters. The Morgan fingerprint density at radius 3 is 2.46 bits per heavy atom. The van der Waals surface area contributed by atoms with Crippen molar-refractivity contribution in [1.82, 2.24) is 4.90 Å². The highest BCUT2D eigenvalue weighted by atomic mass is 32.2. The number of likely N-dealkylation sites (N-methyl/N-ethyl adjacent to an activating group) is 1. The standard InChI is InChI=1S/C19H25NO3S/c1-15-6-4-5-7-19(15)23-14-17(21)13-20(2)12-16-8-10-18(11-9-16)24(3)22/h4-11,17,21H,12-14H2,1-3H3. The largest absolute Gasteiger partial charge is 0.491 e. The molecule has 0 amide bonds. The van der Waals surface area contributed by atoms with Crippen molar-refractivity contribution in [3.8, 4) is 5.75 Å². The minimum atomic E-state index is -0.952. The van der Waals surface area contributed by atoms with Crippen molar-refractivity contribution in [3.05, 3.63) is 59.7 Å². The van der Waals surface area contributed by atoms with Crippen LogP contribution in [0.4, 0.5) is 0 Å². The molecule has 130 valence electrons. The SMILES string of the molecule is Cc1ccccc1OCC(O)CN(C)Cc1ccc(S(C)=O)cc1. The molecule has 0 aliphatic rings. The maximum absolute atomic E-state index is 11.4. The molecule has 4 nitrogen and oxygen atoms in total. The van der Waals surface area contributed by atoms with Gasteiger partial charge in [-0.2, -0.15) is 0 Å². The maximum Gasteiger partial charge on any atom is 0.122 e. The fourth-order valence-corrected chi connectivity index (χ4v) is 3.00. The summed E-state index contributed by atoms with van der Waals surface area (Å²) in [6.45, 7) is 3.50. The highest BCUT2D eigenvalue weighted by molar-refractivity contribution is 7.84. The Labute approximate surface area is 146 Å². The zero-order valence-electron chi connectivity index (χ0n) is 14.4. The number of nitrogens with zero attached hydrogens (tertiary/aromatic N) is 1. The van der Waals surface area contributed by atoms with E-state index in [0.717, 1.165) is 28.3 Å². The third kappa shape index (κ3) is 5.74. The van der Waals surface area contributed by atoms with E-state index in [1.54, 1.807) is 6.26 Å². The lowest BCUT2D eigenvalue weighted by Gasteiger charge is -2.21. The van der Waals surface area contributed by atoms with Crippen LogP contribution in [0.1, 0.15) is 11.1 Å². The van der Waals surface area contributed by atoms with Gasteiger partial charge in [0.25, 0.3) is 0 Å². The van der Waals surface area contributed by atoms with Crippen LogP contribution < -0.4 is 4.74 Å². The van der Waals surface area contributed by atoms with Crippen LogP contribution in [-0.2, 0) is 17.3 Å². The van der Waals surface area contributed by atoms with Gasteiger partial charge in [-0.25, -0.2) is 0 Å². The normalized spacial score (nSPS) is 13.7. The van der Waals surface area contributed by atoms with E-state index in [1.165, 1.54) is 0 Å². The maximum atomic E-state index is 11.4. The van der Waals surface area contributed by atoms with Gasteiger partial charge in [0.05, 0.1) is 0 Å². The molecule has 0 spiro atoms. The van der Waals surface area contributed by atoms with Crippen LogP contribution in [0.3, 0.4) is 0 Å². The van der Waals surface area contributed by atoms with Gasteiger partial charge in [0.2, 0.25) is 0 Å². The number of aliphatic hydroxyl groups is 1. The van der Waals surface area contributed by atoms with Gasteiger partial charge in [-0.1, -0.05) is 30.3 Å². The van der Waals surface area contributed by atoms with Crippen LogP contribution in [0.15, 0.2) is 53.4 Å². The van der Waals surface area contributed by atoms with Gasteiger partial charge >= 0.3 is 0 Å². The van der Waals surface area contributed by atoms with Crippen LogP contribution >= 0.6 is 0 Å². The van der Waals surface area contributed by atoms with E-state index in [4.69, 9.17) is 4.74 Å². The topological polar surface area (TPSA) is 49.8 Å². The summed E-state index contributed by atoms with van der Waals surface area (Å²) in [5.74, 6) is 0.808. The summed E-state index contributed by atoms with van der Waals surface area (Å²) in [6.07, 6.45) is 1.11. The fraction of sp³-hybridized carbons (Fsp3) is 0.368. The molecule has 0 heterocycles. The van der Waals surface area contributed by atoms with E-state index < -0.39 is 16.9 Å². The minimum absolute atomic E-state index is 0.267. The summed E-state index contributed by atoms with van der Waals surface area (Å²) in [7, 11) is 1.01. The van der Waals surface area contributed by atoms with E-state index in [0.29, 0.717) is 6.54 Å². The highest BCUT2D eigenvalue weighted by Gasteiger charge is 2.10. The molecule has 0 fully saturated rings.